The predicted molar refractivity (Wildman–Crippen MR) is 123 cm³/mol. The number of carbonyl (C=O) groups is 1. The maximum absolute atomic E-state index is 13.4. The largest absolute Gasteiger partial charge is 0.492 e. The van der Waals surface area contributed by atoms with Crippen LogP contribution in [0, 0.1) is 15.9 Å². The van der Waals surface area contributed by atoms with Gasteiger partial charge in [-0.1, -0.05) is 44.2 Å². The van der Waals surface area contributed by atoms with Crippen LogP contribution in [-0.4, -0.2) is 17.8 Å². The third-order valence-corrected chi connectivity index (χ3v) is 5.97. The van der Waals surface area contributed by atoms with Gasteiger partial charge < -0.3 is 9.64 Å². The van der Waals surface area contributed by atoms with Gasteiger partial charge in [0.05, 0.1) is 18.1 Å². The van der Waals surface area contributed by atoms with Gasteiger partial charge in [0.15, 0.2) is 5.76 Å². The van der Waals surface area contributed by atoms with Crippen molar-refractivity contribution in [2.75, 3.05) is 12.0 Å². The van der Waals surface area contributed by atoms with Crippen LogP contribution in [0.3, 0.4) is 0 Å². The number of ether oxygens (including phenoxy) is 1. The summed E-state index contributed by atoms with van der Waals surface area (Å²) in [6.45, 7) is 4.67. The van der Waals surface area contributed by atoms with Crippen LogP contribution in [0.4, 0.5) is 10.1 Å². The summed E-state index contributed by atoms with van der Waals surface area (Å²) in [4.78, 5) is 25.6. The van der Waals surface area contributed by atoms with E-state index >= 15 is 0 Å². The molecule has 0 unspecified atom stereocenters. The molecule has 4 rings (SSSR count). The topological polar surface area (TPSA) is 72.7 Å². The lowest BCUT2D eigenvalue weighted by Gasteiger charge is -2.27. The quantitative estimate of drug-likeness (QED) is 0.358. The molecule has 168 valence electrons. The maximum atomic E-state index is 13.4. The molecule has 0 aromatic heterocycles. The second kappa shape index (κ2) is 8.50. The number of ketones is 1. The summed E-state index contributed by atoms with van der Waals surface area (Å²) in [5, 5.41) is 11.3. The van der Waals surface area contributed by atoms with E-state index in [2.05, 4.69) is 24.8 Å². The molecule has 0 bridgehead atoms. The van der Waals surface area contributed by atoms with E-state index in [1.807, 2.05) is 24.3 Å². The van der Waals surface area contributed by atoms with Gasteiger partial charge in [0.25, 0.3) is 5.70 Å². The second-order valence-electron chi connectivity index (χ2n) is 8.40. The van der Waals surface area contributed by atoms with Crippen LogP contribution in [0.5, 0.6) is 0 Å². The van der Waals surface area contributed by atoms with Crippen molar-refractivity contribution >= 4 is 11.5 Å². The second-order valence-corrected chi connectivity index (χ2v) is 8.40. The van der Waals surface area contributed by atoms with Gasteiger partial charge in [0, 0.05) is 35.0 Å². The van der Waals surface area contributed by atoms with Crippen molar-refractivity contribution in [1.82, 2.24) is 0 Å². The minimum atomic E-state index is -0.553. The van der Waals surface area contributed by atoms with Gasteiger partial charge in [-0.15, -0.1) is 0 Å². The van der Waals surface area contributed by atoms with Gasteiger partial charge in [0.1, 0.15) is 5.82 Å². The van der Waals surface area contributed by atoms with E-state index in [-0.39, 0.29) is 28.3 Å². The molecule has 2 aliphatic rings. The third kappa shape index (κ3) is 4.09. The number of benzene rings is 2. The van der Waals surface area contributed by atoms with E-state index < -0.39 is 10.7 Å². The van der Waals surface area contributed by atoms with Crippen LogP contribution in [0.2, 0.25) is 0 Å². The number of rotatable bonds is 5. The number of anilines is 1. The Bertz CT molecular complexity index is 1250. The Kier molecular flexibility index (Phi) is 5.72. The highest BCUT2D eigenvalue weighted by Gasteiger charge is 2.39. The van der Waals surface area contributed by atoms with Gasteiger partial charge >= 0.3 is 0 Å². The first kappa shape index (κ1) is 22.2. The van der Waals surface area contributed by atoms with Crippen LogP contribution < -0.4 is 4.90 Å². The lowest BCUT2D eigenvalue weighted by Crippen LogP contribution is -2.26. The predicted octanol–water partition coefficient (Wildman–Crippen LogP) is 5.21. The normalized spacial score (nSPS) is 19.4. The van der Waals surface area contributed by atoms with Crippen molar-refractivity contribution in [3.63, 3.8) is 0 Å². The number of methoxy groups -OCH3 is 1. The van der Waals surface area contributed by atoms with Gasteiger partial charge in [-0.05, 0) is 41.5 Å². The Labute approximate surface area is 191 Å². The zero-order valence-corrected chi connectivity index (χ0v) is 18.5. The van der Waals surface area contributed by atoms with E-state index in [9.17, 15) is 19.3 Å². The van der Waals surface area contributed by atoms with E-state index in [1.165, 1.54) is 25.3 Å². The summed E-state index contributed by atoms with van der Waals surface area (Å²) in [6.07, 6.45) is 5.80. The molecule has 1 aliphatic carbocycles. The van der Waals surface area contributed by atoms with Crippen molar-refractivity contribution in [1.29, 1.82) is 0 Å². The number of nitrogens with zero attached hydrogens (tertiary/aromatic N) is 2. The number of nitro groups is 1. The first-order valence-electron chi connectivity index (χ1n) is 10.4. The Balaban J connectivity index is 1.79. The number of Topliss-reactive ketones (excluding diaryl/α,β-unsaturated/α-hetero) is 1. The van der Waals surface area contributed by atoms with Gasteiger partial charge in [-0.25, -0.2) is 4.39 Å². The minimum Gasteiger partial charge on any atom is -0.492 e. The van der Waals surface area contributed by atoms with Crippen LogP contribution >= 0.6 is 0 Å². The monoisotopic (exact) mass is 446 g/mol. The molecule has 6 nitrogen and oxygen atoms in total. The SMILES string of the molecule is COC1=CC([N+](=O)[O-])=CC(=CC=C2N(Cc3ccc(F)cc3)c3ccccc3C2(C)C)C1=O. The molecule has 0 amide bonds. The fourth-order valence-electron chi connectivity index (χ4n) is 4.24. The van der Waals surface area contributed by atoms with E-state index in [1.54, 1.807) is 18.2 Å². The molecule has 0 spiro atoms. The molecule has 7 heteroatoms. The van der Waals surface area contributed by atoms with E-state index in [4.69, 9.17) is 4.74 Å². The van der Waals surface area contributed by atoms with Gasteiger partial charge in [0.2, 0.25) is 5.78 Å². The van der Waals surface area contributed by atoms with Crippen LogP contribution in [0.1, 0.15) is 25.0 Å². The highest BCUT2D eigenvalue weighted by Crippen LogP contribution is 2.48. The smallest absolute Gasteiger partial charge is 0.274 e. The summed E-state index contributed by atoms with van der Waals surface area (Å²) in [6, 6.07) is 14.4. The summed E-state index contributed by atoms with van der Waals surface area (Å²) in [7, 11) is 1.31. The highest BCUT2D eigenvalue weighted by molar-refractivity contribution is 6.10. The van der Waals surface area contributed by atoms with E-state index in [0.717, 1.165) is 28.6 Å². The van der Waals surface area contributed by atoms with Crippen molar-refractivity contribution in [2.45, 2.75) is 25.8 Å². The molecule has 0 saturated heterocycles. The Morgan fingerprint density at radius 2 is 1.79 bits per heavy atom. The number of halogens is 1. The number of hydrogen-bond donors (Lipinski definition) is 0. The molecular weight excluding hydrogens is 423 g/mol. The van der Waals surface area contributed by atoms with Crippen LogP contribution in [-0.2, 0) is 21.5 Å². The Morgan fingerprint density at radius 3 is 2.45 bits per heavy atom. The summed E-state index contributed by atoms with van der Waals surface area (Å²) in [5.74, 6) is -0.795. The minimum absolute atomic E-state index is 0.0778. The first-order valence-corrected chi connectivity index (χ1v) is 10.4. The number of allylic oxidation sites excluding steroid dienone is 6. The average Bonchev–Trinajstić information content (AvgIpc) is 3.00. The lowest BCUT2D eigenvalue weighted by atomic mass is 9.83. The van der Waals surface area contributed by atoms with E-state index in [0.29, 0.717) is 6.54 Å². The standard InChI is InChI=1S/C26H23FN2O4/c1-26(2)21-6-4-5-7-22(21)28(16-17-8-11-19(27)12-9-17)24(26)13-10-18-14-20(29(31)32)15-23(33-3)25(18)30/h4-15H,16H2,1-3H3. The fourth-order valence-corrected chi connectivity index (χ4v) is 4.24. The molecule has 2 aromatic rings. The van der Waals surface area contributed by atoms with Crippen molar-refractivity contribution in [2.24, 2.45) is 0 Å². The lowest BCUT2D eigenvalue weighted by molar-refractivity contribution is -0.419. The van der Waals surface area contributed by atoms with Crippen molar-refractivity contribution in [3.05, 3.63) is 123 Å². The number of carbonyl (C=O) groups excluding carboxylic acids is 1. The van der Waals surface area contributed by atoms with Crippen LogP contribution in [0.25, 0.3) is 0 Å². The molecule has 33 heavy (non-hydrogen) atoms. The Morgan fingerprint density at radius 1 is 1.09 bits per heavy atom. The summed E-state index contributed by atoms with van der Waals surface area (Å²) in [5.41, 5.74) is 3.54. The van der Waals surface area contributed by atoms with Crippen molar-refractivity contribution in [3.8, 4) is 0 Å². The number of para-hydroxylation sites is 1. The average molecular weight is 446 g/mol. The highest BCUT2D eigenvalue weighted by atomic mass is 19.1. The Hall–Kier alpha value is -4.00. The number of hydrogen-bond acceptors (Lipinski definition) is 5. The fraction of sp³-hybridized carbons (Fsp3) is 0.192. The molecule has 0 saturated carbocycles. The number of fused-ring (bicyclic) bond motifs is 1. The molecule has 1 heterocycles. The molecule has 2 aromatic carbocycles. The van der Waals surface area contributed by atoms with Crippen LogP contribution in [0.15, 0.2) is 95.6 Å². The maximum Gasteiger partial charge on any atom is 0.274 e. The van der Waals surface area contributed by atoms with Crippen molar-refractivity contribution < 1.29 is 18.8 Å². The summed E-state index contributed by atoms with van der Waals surface area (Å²) >= 11 is 0. The molecule has 1 aliphatic heterocycles. The molecule has 0 radical (unpaired) electrons. The zero-order valence-electron chi connectivity index (χ0n) is 18.5. The third-order valence-electron chi connectivity index (χ3n) is 5.97. The molecular formula is C26H23FN2O4. The van der Waals surface area contributed by atoms with Gasteiger partial charge in [-0.3, -0.25) is 14.9 Å². The molecule has 0 fully saturated rings. The summed E-state index contributed by atoms with van der Waals surface area (Å²) < 4.78 is 18.5. The molecule has 0 atom stereocenters. The molecule has 0 N–H and O–H groups in total. The zero-order chi connectivity index (χ0) is 23.8. The van der Waals surface area contributed by atoms with Gasteiger partial charge in [-0.2, -0.15) is 0 Å². The first-order chi connectivity index (χ1) is 15.7.